The van der Waals surface area contributed by atoms with Crippen molar-refractivity contribution in [3.63, 3.8) is 0 Å². The van der Waals surface area contributed by atoms with E-state index in [1.165, 1.54) is 11.1 Å². The fourth-order valence-corrected chi connectivity index (χ4v) is 2.00. The number of carbonyl (C=O) groups is 1. The predicted octanol–water partition coefficient (Wildman–Crippen LogP) is 1.83. The van der Waals surface area contributed by atoms with E-state index in [9.17, 15) is 4.79 Å². The van der Waals surface area contributed by atoms with Gasteiger partial charge in [0.25, 0.3) is 0 Å². The maximum absolute atomic E-state index is 10.5. The number of hydrogen-bond donors (Lipinski definition) is 1. The van der Waals surface area contributed by atoms with Crippen LogP contribution in [0.1, 0.15) is 17.5 Å². The van der Waals surface area contributed by atoms with Gasteiger partial charge in [-0.25, -0.2) is 0 Å². The average molecular weight is 264 g/mol. The minimum absolute atomic E-state index is 0.113. The maximum atomic E-state index is 10.5. The fraction of sp³-hybridized carbons (Fsp3) is 0.533. The zero-order chi connectivity index (χ0) is 14.3. The van der Waals surface area contributed by atoms with Gasteiger partial charge in [0.05, 0.1) is 6.54 Å². The van der Waals surface area contributed by atoms with Crippen LogP contribution >= 0.6 is 0 Å². The summed E-state index contributed by atoms with van der Waals surface area (Å²) in [6.07, 6.45) is 0.978. The molecule has 0 saturated heterocycles. The van der Waals surface area contributed by atoms with Crippen molar-refractivity contribution in [2.45, 2.75) is 19.9 Å². The van der Waals surface area contributed by atoms with Gasteiger partial charge < -0.3 is 10.0 Å². The number of hydrogen-bond acceptors (Lipinski definition) is 3. The molecule has 1 aromatic rings. The molecule has 19 heavy (non-hydrogen) atoms. The molecule has 0 radical (unpaired) electrons. The van der Waals surface area contributed by atoms with Crippen LogP contribution in [-0.2, 0) is 11.3 Å². The molecule has 0 aliphatic rings. The first-order valence-electron chi connectivity index (χ1n) is 6.62. The minimum Gasteiger partial charge on any atom is -0.480 e. The average Bonchev–Trinajstić information content (AvgIpc) is 2.31. The van der Waals surface area contributed by atoms with Crippen LogP contribution in [0.5, 0.6) is 0 Å². The Hall–Kier alpha value is -1.39. The molecule has 0 aliphatic heterocycles. The Morgan fingerprint density at radius 1 is 1.11 bits per heavy atom. The third-order valence-electron chi connectivity index (χ3n) is 3.06. The third kappa shape index (κ3) is 6.94. The lowest BCUT2D eigenvalue weighted by Gasteiger charge is -2.19. The van der Waals surface area contributed by atoms with E-state index in [0.29, 0.717) is 0 Å². The van der Waals surface area contributed by atoms with Gasteiger partial charge in [-0.05, 0) is 46.1 Å². The number of aryl methyl sites for hydroxylation is 1. The molecule has 4 nitrogen and oxygen atoms in total. The molecule has 1 aromatic carbocycles. The van der Waals surface area contributed by atoms with Crippen LogP contribution in [0.2, 0.25) is 0 Å². The predicted molar refractivity (Wildman–Crippen MR) is 77.3 cm³/mol. The molecular weight excluding hydrogens is 240 g/mol. The van der Waals surface area contributed by atoms with E-state index in [1.54, 1.807) is 0 Å². The Morgan fingerprint density at radius 2 is 1.68 bits per heavy atom. The number of likely N-dealkylation sites (N-methyl/N-ethyl adjacent to an activating group) is 1. The summed E-state index contributed by atoms with van der Waals surface area (Å²) in [5.41, 5.74) is 2.59. The van der Waals surface area contributed by atoms with E-state index in [-0.39, 0.29) is 6.54 Å². The van der Waals surface area contributed by atoms with Crippen molar-refractivity contribution < 1.29 is 9.90 Å². The van der Waals surface area contributed by atoms with Crippen molar-refractivity contribution in [3.05, 3.63) is 35.4 Å². The first-order valence-corrected chi connectivity index (χ1v) is 6.62. The smallest absolute Gasteiger partial charge is 0.317 e. The van der Waals surface area contributed by atoms with Gasteiger partial charge in [-0.2, -0.15) is 0 Å². The Morgan fingerprint density at radius 3 is 2.26 bits per heavy atom. The van der Waals surface area contributed by atoms with Gasteiger partial charge in [0.1, 0.15) is 0 Å². The minimum atomic E-state index is -0.768. The molecule has 1 N–H and O–H groups in total. The van der Waals surface area contributed by atoms with Crippen molar-refractivity contribution in [2.75, 3.05) is 33.7 Å². The second kappa shape index (κ2) is 7.92. The van der Waals surface area contributed by atoms with Gasteiger partial charge in [-0.15, -0.1) is 0 Å². The first kappa shape index (κ1) is 15.7. The first-order chi connectivity index (χ1) is 8.97. The van der Waals surface area contributed by atoms with Gasteiger partial charge in [-0.3, -0.25) is 9.69 Å². The third-order valence-corrected chi connectivity index (χ3v) is 3.06. The standard InChI is InChI=1S/C15H24N2O2/c1-13-5-7-14(8-6-13)11-16(2)9-4-10-17(3)12-15(18)19/h5-8H,4,9-12H2,1-3H3,(H,18,19). The molecule has 0 atom stereocenters. The lowest BCUT2D eigenvalue weighted by Crippen LogP contribution is -2.29. The summed E-state index contributed by atoms with van der Waals surface area (Å²) >= 11 is 0. The van der Waals surface area contributed by atoms with Crippen LogP contribution in [0.25, 0.3) is 0 Å². The molecule has 0 fully saturated rings. The molecule has 0 amide bonds. The van der Waals surface area contributed by atoms with Crippen molar-refractivity contribution in [3.8, 4) is 0 Å². The zero-order valence-corrected chi connectivity index (χ0v) is 12.1. The van der Waals surface area contributed by atoms with Gasteiger partial charge in [0.15, 0.2) is 0 Å². The maximum Gasteiger partial charge on any atom is 0.317 e. The fourth-order valence-electron chi connectivity index (χ4n) is 2.00. The van der Waals surface area contributed by atoms with E-state index in [2.05, 4.69) is 43.1 Å². The summed E-state index contributed by atoms with van der Waals surface area (Å²) in [6.45, 7) is 4.92. The molecule has 1 rings (SSSR count). The van der Waals surface area contributed by atoms with Crippen LogP contribution in [0.15, 0.2) is 24.3 Å². The Balaban J connectivity index is 2.22. The Labute approximate surface area is 115 Å². The van der Waals surface area contributed by atoms with Crippen LogP contribution in [0.3, 0.4) is 0 Å². The number of rotatable bonds is 8. The highest BCUT2D eigenvalue weighted by molar-refractivity contribution is 5.68. The molecule has 0 spiro atoms. The second-order valence-corrected chi connectivity index (χ2v) is 5.21. The molecule has 0 unspecified atom stereocenters. The monoisotopic (exact) mass is 264 g/mol. The second-order valence-electron chi connectivity index (χ2n) is 5.21. The lowest BCUT2D eigenvalue weighted by molar-refractivity contribution is -0.137. The molecular formula is C15H24N2O2. The van der Waals surface area contributed by atoms with Gasteiger partial charge in [-0.1, -0.05) is 29.8 Å². The van der Waals surface area contributed by atoms with Crippen LogP contribution in [0.4, 0.5) is 0 Å². The van der Waals surface area contributed by atoms with Crippen LogP contribution in [-0.4, -0.2) is 54.6 Å². The number of aliphatic carboxylic acids is 1. The topological polar surface area (TPSA) is 43.8 Å². The Kier molecular flexibility index (Phi) is 6.53. The summed E-state index contributed by atoms with van der Waals surface area (Å²) < 4.78 is 0. The highest BCUT2D eigenvalue weighted by Gasteiger charge is 2.05. The van der Waals surface area contributed by atoms with E-state index >= 15 is 0 Å². The van der Waals surface area contributed by atoms with Crippen LogP contribution < -0.4 is 0 Å². The normalized spacial score (nSPS) is 11.2. The number of carboxylic acids is 1. The van der Waals surface area contributed by atoms with E-state index in [4.69, 9.17) is 5.11 Å². The highest BCUT2D eigenvalue weighted by atomic mass is 16.4. The molecule has 0 saturated carbocycles. The summed E-state index contributed by atoms with van der Waals surface area (Å²) in [6, 6.07) is 8.57. The van der Waals surface area contributed by atoms with E-state index < -0.39 is 5.97 Å². The molecule has 0 aromatic heterocycles. The Bertz CT molecular complexity index is 390. The molecule has 4 heteroatoms. The highest BCUT2D eigenvalue weighted by Crippen LogP contribution is 2.06. The summed E-state index contributed by atoms with van der Waals surface area (Å²) in [7, 11) is 3.94. The van der Waals surface area contributed by atoms with Gasteiger partial charge in [0.2, 0.25) is 0 Å². The molecule has 0 bridgehead atoms. The van der Waals surface area contributed by atoms with E-state index in [0.717, 1.165) is 26.1 Å². The van der Waals surface area contributed by atoms with Crippen molar-refractivity contribution in [2.24, 2.45) is 0 Å². The summed E-state index contributed by atoms with van der Waals surface area (Å²) in [4.78, 5) is 14.6. The van der Waals surface area contributed by atoms with Gasteiger partial charge >= 0.3 is 5.97 Å². The van der Waals surface area contributed by atoms with E-state index in [1.807, 2.05) is 11.9 Å². The molecule has 106 valence electrons. The number of benzene rings is 1. The quantitative estimate of drug-likeness (QED) is 0.778. The number of carboxylic acid groups (broad SMARTS) is 1. The van der Waals surface area contributed by atoms with Crippen molar-refractivity contribution in [1.29, 1.82) is 0 Å². The van der Waals surface area contributed by atoms with Crippen molar-refractivity contribution in [1.82, 2.24) is 9.80 Å². The SMILES string of the molecule is Cc1ccc(CN(C)CCCN(C)CC(=O)O)cc1. The lowest BCUT2D eigenvalue weighted by atomic mass is 10.1. The van der Waals surface area contributed by atoms with Gasteiger partial charge in [0, 0.05) is 6.54 Å². The van der Waals surface area contributed by atoms with Crippen LogP contribution in [0, 0.1) is 6.92 Å². The molecule has 0 heterocycles. The summed E-state index contributed by atoms with van der Waals surface area (Å²) in [5, 5.41) is 8.66. The summed E-state index contributed by atoms with van der Waals surface area (Å²) in [5.74, 6) is -0.768. The zero-order valence-electron chi connectivity index (χ0n) is 12.1. The largest absolute Gasteiger partial charge is 0.480 e. The molecule has 0 aliphatic carbocycles. The number of nitrogens with zero attached hydrogens (tertiary/aromatic N) is 2. The van der Waals surface area contributed by atoms with Crippen molar-refractivity contribution >= 4 is 5.97 Å².